The Hall–Kier alpha value is -4.52. The van der Waals surface area contributed by atoms with Crippen molar-refractivity contribution in [1.29, 1.82) is 0 Å². The summed E-state index contributed by atoms with van der Waals surface area (Å²) >= 11 is 1.14. The number of alkyl halides is 3. The van der Waals surface area contributed by atoms with Crippen LogP contribution in [0.5, 0.6) is 0 Å². The predicted octanol–water partition coefficient (Wildman–Crippen LogP) is 5.77. The van der Waals surface area contributed by atoms with Gasteiger partial charge in [0.25, 0.3) is 5.69 Å². The zero-order valence-corrected chi connectivity index (χ0v) is 19.0. The van der Waals surface area contributed by atoms with Gasteiger partial charge in [-0.15, -0.1) is 11.3 Å². The minimum absolute atomic E-state index is 0.103. The van der Waals surface area contributed by atoms with Crippen LogP contribution in [-0.4, -0.2) is 22.0 Å². The van der Waals surface area contributed by atoms with Crippen molar-refractivity contribution in [3.05, 3.63) is 93.2 Å². The number of hydrogen-bond donors (Lipinski definition) is 2. The number of para-hydroxylation sites is 1. The average Bonchev–Trinajstić information content (AvgIpc) is 3.48. The second-order valence-electron chi connectivity index (χ2n) is 7.29. The van der Waals surface area contributed by atoms with E-state index in [0.29, 0.717) is 16.4 Å². The standard InChI is InChI=1S/C23H16F3N5O4S/c24-23(25,26)14-4-3-5-15(10-14)28-22-29-16(13-36-22)11-21(32)30-27-12-17-8-9-20(35-17)18-6-1-2-7-19(18)31(33)34/h1-10,12-13H,11H2,(H,28,29)(H,30,32)/b27-12-. The summed E-state index contributed by atoms with van der Waals surface area (Å²) in [7, 11) is 0. The summed E-state index contributed by atoms with van der Waals surface area (Å²) in [6.07, 6.45) is -3.32. The number of nitro benzene ring substituents is 1. The number of thiazole rings is 1. The molecule has 2 aromatic carbocycles. The van der Waals surface area contributed by atoms with Crippen LogP contribution < -0.4 is 10.7 Å². The first-order valence-corrected chi connectivity index (χ1v) is 11.1. The Morgan fingerprint density at radius 2 is 1.97 bits per heavy atom. The Morgan fingerprint density at radius 3 is 2.75 bits per heavy atom. The fraction of sp³-hybridized carbons (Fsp3) is 0.0870. The summed E-state index contributed by atoms with van der Waals surface area (Å²) in [5.74, 6) is 0.0654. The van der Waals surface area contributed by atoms with Gasteiger partial charge in [-0.25, -0.2) is 10.4 Å². The summed E-state index contributed by atoms with van der Waals surface area (Å²) in [6, 6.07) is 13.9. The SMILES string of the molecule is O=C(Cc1csc(Nc2cccc(C(F)(F)F)c2)n1)N/N=C\c1ccc(-c2ccccc2[N+](=O)[O-])o1. The molecule has 0 spiro atoms. The normalized spacial score (nSPS) is 11.5. The van der Waals surface area contributed by atoms with Gasteiger partial charge in [0.15, 0.2) is 5.13 Å². The van der Waals surface area contributed by atoms with Crippen molar-refractivity contribution in [2.24, 2.45) is 5.10 Å². The molecule has 9 nitrogen and oxygen atoms in total. The molecule has 2 aromatic heterocycles. The lowest BCUT2D eigenvalue weighted by Crippen LogP contribution is -2.19. The molecule has 0 saturated heterocycles. The maximum Gasteiger partial charge on any atom is 0.416 e. The van der Waals surface area contributed by atoms with Gasteiger partial charge in [-0.05, 0) is 36.4 Å². The van der Waals surface area contributed by atoms with Crippen LogP contribution in [0.3, 0.4) is 0 Å². The quantitative estimate of drug-likeness (QED) is 0.175. The highest BCUT2D eigenvalue weighted by Crippen LogP contribution is 2.32. The minimum atomic E-state index is -4.46. The van der Waals surface area contributed by atoms with E-state index in [1.54, 1.807) is 35.7 Å². The molecule has 36 heavy (non-hydrogen) atoms. The number of hydrogen-bond acceptors (Lipinski definition) is 8. The van der Waals surface area contributed by atoms with Crippen molar-refractivity contribution in [2.45, 2.75) is 12.6 Å². The van der Waals surface area contributed by atoms with Crippen LogP contribution in [0.4, 0.5) is 29.7 Å². The zero-order chi connectivity index (χ0) is 25.7. The van der Waals surface area contributed by atoms with Crippen LogP contribution in [0.1, 0.15) is 17.0 Å². The zero-order valence-electron chi connectivity index (χ0n) is 18.2. The Balaban J connectivity index is 1.32. The van der Waals surface area contributed by atoms with E-state index in [1.165, 1.54) is 24.4 Å². The van der Waals surface area contributed by atoms with E-state index in [4.69, 9.17) is 4.42 Å². The van der Waals surface area contributed by atoms with Crippen LogP contribution in [0.2, 0.25) is 0 Å². The van der Waals surface area contributed by atoms with Crippen LogP contribution >= 0.6 is 11.3 Å². The molecule has 0 fully saturated rings. The lowest BCUT2D eigenvalue weighted by molar-refractivity contribution is -0.384. The molecule has 4 rings (SSSR count). The van der Waals surface area contributed by atoms with Crippen molar-refractivity contribution in [3.63, 3.8) is 0 Å². The molecule has 0 aliphatic carbocycles. The van der Waals surface area contributed by atoms with Crippen molar-refractivity contribution in [3.8, 4) is 11.3 Å². The molecule has 0 saturated carbocycles. The predicted molar refractivity (Wildman–Crippen MR) is 127 cm³/mol. The maximum absolute atomic E-state index is 12.9. The van der Waals surface area contributed by atoms with Gasteiger partial charge in [-0.3, -0.25) is 14.9 Å². The number of hydrazone groups is 1. The molecule has 184 valence electrons. The largest absolute Gasteiger partial charge is 0.455 e. The van der Waals surface area contributed by atoms with E-state index < -0.39 is 22.6 Å². The van der Waals surface area contributed by atoms with Gasteiger partial charge in [0, 0.05) is 17.1 Å². The number of rotatable bonds is 8. The number of carbonyl (C=O) groups is 1. The second-order valence-corrected chi connectivity index (χ2v) is 8.15. The molecular formula is C23H16F3N5O4S. The van der Waals surface area contributed by atoms with Crippen molar-refractivity contribution < 1.29 is 27.3 Å². The van der Waals surface area contributed by atoms with Crippen LogP contribution in [0, 0.1) is 10.1 Å². The maximum atomic E-state index is 12.9. The van der Waals surface area contributed by atoms with Gasteiger partial charge >= 0.3 is 6.18 Å². The van der Waals surface area contributed by atoms with Gasteiger partial charge in [0.05, 0.1) is 34.4 Å². The lowest BCUT2D eigenvalue weighted by atomic mass is 10.1. The highest BCUT2D eigenvalue weighted by atomic mass is 32.1. The van der Waals surface area contributed by atoms with E-state index in [9.17, 15) is 28.1 Å². The van der Waals surface area contributed by atoms with Gasteiger partial charge in [0.1, 0.15) is 11.5 Å². The van der Waals surface area contributed by atoms with Crippen LogP contribution in [-0.2, 0) is 17.4 Å². The number of nitrogens with one attached hydrogen (secondary N) is 2. The third-order valence-corrected chi connectivity index (χ3v) is 5.52. The molecular weight excluding hydrogens is 499 g/mol. The fourth-order valence-corrected chi connectivity index (χ4v) is 3.85. The Morgan fingerprint density at radius 1 is 1.17 bits per heavy atom. The van der Waals surface area contributed by atoms with Crippen molar-refractivity contribution in [2.75, 3.05) is 5.32 Å². The monoisotopic (exact) mass is 515 g/mol. The third-order valence-electron chi connectivity index (χ3n) is 4.71. The third kappa shape index (κ3) is 6.13. The van der Waals surface area contributed by atoms with Gasteiger partial charge in [-0.1, -0.05) is 18.2 Å². The van der Waals surface area contributed by atoms with Gasteiger partial charge in [-0.2, -0.15) is 18.3 Å². The van der Waals surface area contributed by atoms with E-state index in [2.05, 4.69) is 20.8 Å². The summed E-state index contributed by atoms with van der Waals surface area (Å²) in [4.78, 5) is 27.0. The van der Waals surface area contributed by atoms with Crippen molar-refractivity contribution in [1.82, 2.24) is 10.4 Å². The van der Waals surface area contributed by atoms with Gasteiger partial charge in [0.2, 0.25) is 5.91 Å². The molecule has 0 atom stereocenters. The topological polar surface area (TPSA) is 123 Å². The molecule has 0 unspecified atom stereocenters. The number of amides is 1. The number of nitro groups is 1. The molecule has 0 aliphatic heterocycles. The first-order valence-electron chi connectivity index (χ1n) is 10.2. The molecule has 2 heterocycles. The Labute approximate surface area is 205 Å². The van der Waals surface area contributed by atoms with E-state index >= 15 is 0 Å². The smallest absolute Gasteiger partial charge is 0.416 e. The molecule has 0 aliphatic rings. The summed E-state index contributed by atoms with van der Waals surface area (Å²) in [5, 5.41) is 19.7. The highest BCUT2D eigenvalue weighted by Gasteiger charge is 2.30. The van der Waals surface area contributed by atoms with Crippen molar-refractivity contribution >= 4 is 40.0 Å². The number of aromatic nitrogens is 1. The van der Waals surface area contributed by atoms with Gasteiger partial charge < -0.3 is 9.73 Å². The minimum Gasteiger partial charge on any atom is -0.455 e. The molecule has 2 N–H and O–H groups in total. The first-order chi connectivity index (χ1) is 17.2. The molecule has 0 radical (unpaired) electrons. The van der Waals surface area contributed by atoms with E-state index in [-0.39, 0.29) is 29.3 Å². The number of halogens is 3. The number of nitrogens with zero attached hydrogens (tertiary/aromatic N) is 3. The van der Waals surface area contributed by atoms with E-state index in [0.717, 1.165) is 23.5 Å². The second kappa shape index (κ2) is 10.4. The highest BCUT2D eigenvalue weighted by molar-refractivity contribution is 7.13. The molecule has 0 bridgehead atoms. The Kier molecular flexibility index (Phi) is 7.10. The van der Waals surface area contributed by atoms with E-state index in [1.807, 2.05) is 0 Å². The molecule has 1 amide bonds. The van der Waals surface area contributed by atoms with Crippen LogP contribution in [0.25, 0.3) is 11.3 Å². The lowest BCUT2D eigenvalue weighted by Gasteiger charge is -2.08. The molecule has 4 aromatic rings. The summed E-state index contributed by atoms with van der Waals surface area (Å²) in [6.45, 7) is 0. The fourth-order valence-electron chi connectivity index (χ4n) is 3.12. The van der Waals surface area contributed by atoms with Crippen LogP contribution in [0.15, 0.2) is 75.6 Å². The number of furan rings is 1. The number of carbonyl (C=O) groups excluding carboxylic acids is 1. The first kappa shape index (κ1) is 24.6. The summed E-state index contributed by atoms with van der Waals surface area (Å²) < 4.78 is 44.1. The summed E-state index contributed by atoms with van der Waals surface area (Å²) in [5.41, 5.74) is 2.37. The molecule has 13 heteroatoms. The average molecular weight is 515 g/mol. The number of anilines is 2. The Bertz CT molecular complexity index is 1430. The number of benzene rings is 2.